The summed E-state index contributed by atoms with van der Waals surface area (Å²) in [5.74, 6) is 1.79. The Morgan fingerprint density at radius 2 is 1.76 bits per heavy atom. The topological polar surface area (TPSA) is 103 Å². The second kappa shape index (κ2) is 8.71. The molecule has 0 aliphatic carbocycles. The van der Waals surface area contributed by atoms with Gasteiger partial charge in [-0.05, 0) is 48.5 Å². The van der Waals surface area contributed by atoms with Crippen molar-refractivity contribution >= 4 is 34.7 Å². The molecular formula is C23H17ClN4O5. The van der Waals surface area contributed by atoms with Crippen LogP contribution >= 0.6 is 11.6 Å². The Morgan fingerprint density at radius 3 is 2.61 bits per heavy atom. The number of pyridine rings is 1. The Bertz CT molecular complexity index is 1400. The zero-order chi connectivity index (χ0) is 22.8. The first-order chi connectivity index (χ1) is 16.0. The SMILES string of the molecule is O=C(Nc1ccc(OCc2cc(=O)n3cc(Cl)ccc3n2)cc1)Nc1ccc2c(c1)OCO2. The van der Waals surface area contributed by atoms with Gasteiger partial charge in [0.05, 0.1) is 10.7 Å². The Kier molecular flexibility index (Phi) is 5.45. The summed E-state index contributed by atoms with van der Waals surface area (Å²) in [5.41, 5.74) is 1.90. The standard InChI is InChI=1S/C23H17ClN4O5/c24-14-1-8-21-25-17(10-22(29)28(21)11-14)12-31-18-5-2-15(3-6-18)26-23(30)27-16-4-7-19-20(9-16)33-13-32-19/h1-11H,12-13H2,(H2,26,27,30). The number of nitrogens with one attached hydrogen (secondary N) is 2. The molecule has 0 bridgehead atoms. The third-order valence-corrected chi connectivity index (χ3v) is 5.03. The van der Waals surface area contributed by atoms with E-state index in [1.807, 2.05) is 0 Å². The van der Waals surface area contributed by atoms with Crippen LogP contribution in [-0.2, 0) is 6.61 Å². The van der Waals surface area contributed by atoms with Crippen LogP contribution in [-0.4, -0.2) is 22.2 Å². The first-order valence-electron chi connectivity index (χ1n) is 9.92. The zero-order valence-electron chi connectivity index (χ0n) is 17.1. The highest BCUT2D eigenvalue weighted by Crippen LogP contribution is 2.34. The van der Waals surface area contributed by atoms with Gasteiger partial charge in [-0.15, -0.1) is 0 Å². The van der Waals surface area contributed by atoms with Crippen LogP contribution in [0.5, 0.6) is 17.2 Å². The average Bonchev–Trinajstić information content (AvgIpc) is 3.27. The molecule has 0 fully saturated rings. The summed E-state index contributed by atoms with van der Waals surface area (Å²) in [7, 11) is 0. The highest BCUT2D eigenvalue weighted by atomic mass is 35.5. The monoisotopic (exact) mass is 464 g/mol. The molecule has 0 unspecified atom stereocenters. The summed E-state index contributed by atoms with van der Waals surface area (Å²) in [6, 6.07) is 16.3. The van der Waals surface area contributed by atoms with Crippen molar-refractivity contribution in [2.75, 3.05) is 17.4 Å². The molecule has 5 rings (SSSR count). The van der Waals surface area contributed by atoms with Crippen LogP contribution in [0.1, 0.15) is 5.69 Å². The fourth-order valence-corrected chi connectivity index (χ4v) is 3.42. The summed E-state index contributed by atoms with van der Waals surface area (Å²) in [6.07, 6.45) is 1.52. The Hall–Kier alpha value is -4.24. The Balaban J connectivity index is 1.18. The van der Waals surface area contributed by atoms with Crippen molar-refractivity contribution in [3.8, 4) is 17.2 Å². The Morgan fingerprint density at radius 1 is 1.00 bits per heavy atom. The molecule has 10 heteroatoms. The summed E-state index contributed by atoms with van der Waals surface area (Å²) < 4.78 is 17.7. The predicted octanol–water partition coefficient (Wildman–Crippen LogP) is 4.30. The van der Waals surface area contributed by atoms with E-state index >= 15 is 0 Å². The molecule has 9 nitrogen and oxygen atoms in total. The molecule has 4 aromatic rings. The number of carbonyl (C=O) groups excluding carboxylic acids is 1. The number of benzene rings is 2. The number of anilines is 2. The highest BCUT2D eigenvalue weighted by molar-refractivity contribution is 6.30. The van der Waals surface area contributed by atoms with E-state index in [2.05, 4.69) is 15.6 Å². The van der Waals surface area contributed by atoms with Crippen LogP contribution in [0.15, 0.2) is 71.7 Å². The van der Waals surface area contributed by atoms with E-state index in [1.165, 1.54) is 16.7 Å². The van der Waals surface area contributed by atoms with Gasteiger partial charge in [0, 0.05) is 29.7 Å². The largest absolute Gasteiger partial charge is 0.487 e. The number of fused-ring (bicyclic) bond motifs is 2. The maximum absolute atomic E-state index is 12.3. The van der Waals surface area contributed by atoms with Crippen LogP contribution in [0.25, 0.3) is 5.65 Å². The van der Waals surface area contributed by atoms with Crippen LogP contribution in [0.2, 0.25) is 5.02 Å². The molecule has 3 heterocycles. The van der Waals surface area contributed by atoms with Gasteiger partial charge in [0.2, 0.25) is 6.79 Å². The van der Waals surface area contributed by atoms with E-state index in [9.17, 15) is 9.59 Å². The van der Waals surface area contributed by atoms with E-state index in [4.69, 9.17) is 25.8 Å². The summed E-state index contributed by atoms with van der Waals surface area (Å²) >= 11 is 5.92. The molecule has 0 saturated carbocycles. The second-order valence-corrected chi connectivity index (χ2v) is 7.56. The van der Waals surface area contributed by atoms with Gasteiger partial charge in [-0.25, -0.2) is 9.78 Å². The molecule has 0 atom stereocenters. The minimum Gasteiger partial charge on any atom is -0.487 e. The van der Waals surface area contributed by atoms with Gasteiger partial charge in [-0.2, -0.15) is 0 Å². The molecule has 1 aliphatic rings. The lowest BCUT2D eigenvalue weighted by Gasteiger charge is -2.10. The van der Waals surface area contributed by atoms with E-state index < -0.39 is 6.03 Å². The predicted molar refractivity (Wildman–Crippen MR) is 122 cm³/mol. The fourth-order valence-electron chi connectivity index (χ4n) is 3.26. The van der Waals surface area contributed by atoms with Crippen LogP contribution in [0.3, 0.4) is 0 Å². The molecule has 2 aromatic carbocycles. The molecule has 0 spiro atoms. The van der Waals surface area contributed by atoms with Crippen molar-refractivity contribution in [1.82, 2.24) is 9.38 Å². The number of hydrogen-bond donors (Lipinski definition) is 2. The minimum atomic E-state index is -0.400. The molecule has 2 amide bonds. The van der Waals surface area contributed by atoms with Crippen molar-refractivity contribution in [1.29, 1.82) is 0 Å². The first kappa shape index (κ1) is 20.7. The average molecular weight is 465 g/mol. The summed E-state index contributed by atoms with van der Waals surface area (Å²) in [6.45, 7) is 0.286. The zero-order valence-corrected chi connectivity index (χ0v) is 17.8. The molecule has 2 N–H and O–H groups in total. The smallest absolute Gasteiger partial charge is 0.323 e. The number of hydrogen-bond acceptors (Lipinski definition) is 6. The quantitative estimate of drug-likeness (QED) is 0.456. The molecule has 0 saturated heterocycles. The minimum absolute atomic E-state index is 0.117. The van der Waals surface area contributed by atoms with Crippen molar-refractivity contribution < 1.29 is 19.0 Å². The van der Waals surface area contributed by atoms with E-state index in [0.717, 1.165) is 0 Å². The molecule has 1 aliphatic heterocycles. The second-order valence-electron chi connectivity index (χ2n) is 7.12. The van der Waals surface area contributed by atoms with E-state index in [0.29, 0.717) is 45.0 Å². The van der Waals surface area contributed by atoms with Gasteiger partial charge in [-0.1, -0.05) is 11.6 Å². The van der Waals surface area contributed by atoms with Crippen molar-refractivity contribution in [2.45, 2.75) is 6.61 Å². The van der Waals surface area contributed by atoms with E-state index in [1.54, 1.807) is 54.6 Å². The van der Waals surface area contributed by atoms with Gasteiger partial charge in [-0.3, -0.25) is 9.20 Å². The van der Waals surface area contributed by atoms with Crippen molar-refractivity contribution in [3.05, 3.63) is 87.9 Å². The number of nitrogens with zero attached hydrogens (tertiary/aromatic N) is 2. The third-order valence-electron chi connectivity index (χ3n) is 4.81. The van der Waals surface area contributed by atoms with Gasteiger partial charge < -0.3 is 24.8 Å². The molecule has 0 radical (unpaired) electrons. The summed E-state index contributed by atoms with van der Waals surface area (Å²) in [5, 5.41) is 5.94. The van der Waals surface area contributed by atoms with Gasteiger partial charge >= 0.3 is 6.03 Å². The number of halogens is 1. The number of aromatic nitrogens is 2. The van der Waals surface area contributed by atoms with Crippen LogP contribution in [0.4, 0.5) is 16.2 Å². The van der Waals surface area contributed by atoms with Gasteiger partial charge in [0.1, 0.15) is 18.0 Å². The van der Waals surface area contributed by atoms with Crippen LogP contribution in [0, 0.1) is 0 Å². The molecular weight excluding hydrogens is 448 g/mol. The summed E-state index contributed by atoms with van der Waals surface area (Å²) in [4.78, 5) is 28.9. The number of carbonyl (C=O) groups is 1. The lowest BCUT2D eigenvalue weighted by molar-refractivity contribution is 0.174. The highest BCUT2D eigenvalue weighted by Gasteiger charge is 2.14. The normalized spacial score (nSPS) is 11.9. The number of amides is 2. The van der Waals surface area contributed by atoms with Gasteiger partial charge in [0.15, 0.2) is 11.5 Å². The number of urea groups is 1. The van der Waals surface area contributed by atoms with Crippen molar-refractivity contribution in [3.63, 3.8) is 0 Å². The fraction of sp³-hybridized carbons (Fsp3) is 0.0870. The van der Waals surface area contributed by atoms with E-state index in [-0.39, 0.29) is 19.0 Å². The Labute approximate surface area is 192 Å². The number of ether oxygens (including phenoxy) is 3. The van der Waals surface area contributed by atoms with Crippen molar-refractivity contribution in [2.24, 2.45) is 0 Å². The lowest BCUT2D eigenvalue weighted by Crippen LogP contribution is -2.19. The lowest BCUT2D eigenvalue weighted by atomic mass is 10.3. The maximum Gasteiger partial charge on any atom is 0.323 e. The molecule has 166 valence electrons. The van der Waals surface area contributed by atoms with Gasteiger partial charge in [0.25, 0.3) is 5.56 Å². The number of rotatable bonds is 5. The van der Waals surface area contributed by atoms with Crippen LogP contribution < -0.4 is 30.4 Å². The molecule has 2 aromatic heterocycles. The maximum atomic E-state index is 12.3. The molecule has 33 heavy (non-hydrogen) atoms. The third kappa shape index (κ3) is 4.68. The first-order valence-corrected chi connectivity index (χ1v) is 10.3.